The molecule has 2 N–H and O–H groups in total. The van der Waals surface area contributed by atoms with E-state index in [1.165, 1.54) is 0 Å². The lowest BCUT2D eigenvalue weighted by Gasteiger charge is -2.23. The fourth-order valence-electron chi connectivity index (χ4n) is 1.91. The smallest absolute Gasteiger partial charge is 0.307 e. The maximum absolute atomic E-state index is 11.8. The summed E-state index contributed by atoms with van der Waals surface area (Å²) in [6, 6.07) is 0. The number of carbonyl (C=O) groups is 2. The van der Waals surface area contributed by atoms with Crippen LogP contribution in [0.1, 0.15) is 12.8 Å². The third-order valence-corrected chi connectivity index (χ3v) is 2.99. The lowest BCUT2D eigenvalue weighted by Crippen LogP contribution is -2.40. The van der Waals surface area contributed by atoms with Gasteiger partial charge in [0.15, 0.2) is 0 Å². The molecule has 3 atom stereocenters. The molecule has 1 heterocycles. The molecule has 0 bridgehead atoms. The highest BCUT2D eigenvalue weighted by Gasteiger charge is 2.34. The van der Waals surface area contributed by atoms with Crippen molar-refractivity contribution in [2.24, 2.45) is 11.8 Å². The topological polar surface area (TPSA) is 78.9 Å². The molecule has 1 fully saturated rings. The van der Waals surface area contributed by atoms with Gasteiger partial charge in [-0.2, -0.15) is 0 Å². The van der Waals surface area contributed by atoms with Crippen molar-refractivity contribution in [1.82, 2.24) is 5.32 Å². The Morgan fingerprint density at radius 2 is 1.94 bits per heavy atom. The molecule has 0 spiro atoms. The highest BCUT2D eigenvalue weighted by Crippen LogP contribution is 2.26. The third kappa shape index (κ3) is 2.61. The molecule has 0 aromatic carbocycles. The predicted molar refractivity (Wildman–Crippen MR) is 55.7 cm³/mol. The summed E-state index contributed by atoms with van der Waals surface area (Å²) in [5, 5.41) is 11.7. The van der Waals surface area contributed by atoms with Crippen LogP contribution in [0.4, 0.5) is 0 Å². The number of ether oxygens (including phenoxy) is 1. The number of hydrogen-bond acceptors (Lipinski definition) is 3. The molecule has 16 heavy (non-hydrogen) atoms. The molecule has 0 radical (unpaired) electrons. The molecular formula is C11H15NO4. The molecule has 0 unspecified atom stereocenters. The molecule has 1 aliphatic heterocycles. The minimum absolute atomic E-state index is 0.131. The number of allylic oxidation sites excluding steroid dienone is 2. The molecule has 5 heteroatoms. The maximum Gasteiger partial charge on any atom is 0.307 e. The van der Waals surface area contributed by atoms with Crippen LogP contribution in [0, 0.1) is 11.8 Å². The molecule has 5 nitrogen and oxygen atoms in total. The monoisotopic (exact) mass is 225 g/mol. The van der Waals surface area contributed by atoms with E-state index in [0.717, 1.165) is 0 Å². The third-order valence-electron chi connectivity index (χ3n) is 2.99. The zero-order chi connectivity index (χ0) is 11.5. The summed E-state index contributed by atoms with van der Waals surface area (Å²) < 4.78 is 4.98. The second-order valence-corrected chi connectivity index (χ2v) is 4.19. The van der Waals surface area contributed by atoms with Gasteiger partial charge in [0, 0.05) is 6.54 Å². The van der Waals surface area contributed by atoms with Crippen molar-refractivity contribution >= 4 is 11.9 Å². The molecule has 88 valence electrons. The van der Waals surface area contributed by atoms with Crippen LogP contribution < -0.4 is 5.32 Å². The predicted octanol–water partition coefficient (Wildman–Crippen LogP) is 0.168. The molecule has 0 aromatic rings. The minimum Gasteiger partial charge on any atom is -0.481 e. The van der Waals surface area contributed by atoms with Crippen LogP contribution >= 0.6 is 0 Å². The van der Waals surface area contributed by atoms with E-state index in [0.29, 0.717) is 26.0 Å². The lowest BCUT2D eigenvalue weighted by molar-refractivity contribution is -0.147. The number of carboxylic acids is 1. The van der Waals surface area contributed by atoms with E-state index in [4.69, 9.17) is 9.84 Å². The minimum atomic E-state index is -0.896. The van der Waals surface area contributed by atoms with Crippen LogP contribution in [0.3, 0.4) is 0 Å². The standard InChI is InChI=1S/C11H15NO4/c13-10(12-5-7-6-16-7)8-3-1-2-4-9(8)11(14)15/h1-2,7-9H,3-6H2,(H,12,13)(H,14,15)/t7-,8-,9+/m1/s1. The van der Waals surface area contributed by atoms with Gasteiger partial charge in [0.2, 0.25) is 5.91 Å². The Morgan fingerprint density at radius 1 is 1.31 bits per heavy atom. The Kier molecular flexibility index (Phi) is 3.24. The van der Waals surface area contributed by atoms with Crippen molar-refractivity contribution in [3.8, 4) is 0 Å². The summed E-state index contributed by atoms with van der Waals surface area (Å²) in [6.45, 7) is 1.18. The number of carboxylic acid groups (broad SMARTS) is 1. The molecule has 1 aliphatic carbocycles. The average Bonchev–Trinajstić information content (AvgIpc) is 3.09. The van der Waals surface area contributed by atoms with E-state index >= 15 is 0 Å². The number of carbonyl (C=O) groups excluding carboxylic acids is 1. The summed E-state index contributed by atoms with van der Waals surface area (Å²) in [6.07, 6.45) is 4.78. The lowest BCUT2D eigenvalue weighted by atomic mass is 9.82. The van der Waals surface area contributed by atoms with Gasteiger partial charge < -0.3 is 15.2 Å². The number of hydrogen-bond donors (Lipinski definition) is 2. The first-order chi connectivity index (χ1) is 7.68. The number of epoxide rings is 1. The molecule has 2 rings (SSSR count). The molecule has 0 aromatic heterocycles. The Bertz CT molecular complexity index is 322. The second kappa shape index (κ2) is 4.65. The van der Waals surface area contributed by atoms with Gasteiger partial charge in [0.1, 0.15) is 0 Å². The number of amides is 1. The summed E-state index contributed by atoms with van der Waals surface area (Å²) in [5.74, 6) is -2.11. The zero-order valence-corrected chi connectivity index (χ0v) is 8.89. The fourth-order valence-corrected chi connectivity index (χ4v) is 1.91. The van der Waals surface area contributed by atoms with Gasteiger partial charge in [-0.25, -0.2) is 0 Å². The number of aliphatic carboxylic acids is 1. The molecule has 2 aliphatic rings. The summed E-state index contributed by atoms with van der Waals surface area (Å²) in [4.78, 5) is 22.8. The number of nitrogens with one attached hydrogen (secondary N) is 1. The SMILES string of the molecule is O=C(O)[C@H]1CC=CC[C@H]1C(=O)NC[C@@H]1CO1. The van der Waals surface area contributed by atoms with Gasteiger partial charge >= 0.3 is 5.97 Å². The van der Waals surface area contributed by atoms with Crippen molar-refractivity contribution in [3.05, 3.63) is 12.2 Å². The average molecular weight is 225 g/mol. The van der Waals surface area contributed by atoms with Gasteiger partial charge in [0.05, 0.1) is 24.5 Å². The van der Waals surface area contributed by atoms with Crippen LogP contribution in [0.25, 0.3) is 0 Å². The van der Waals surface area contributed by atoms with E-state index in [1.54, 1.807) is 0 Å². The van der Waals surface area contributed by atoms with Crippen molar-refractivity contribution in [2.45, 2.75) is 18.9 Å². The summed E-state index contributed by atoms with van der Waals surface area (Å²) in [7, 11) is 0. The van der Waals surface area contributed by atoms with Crippen LogP contribution in [-0.2, 0) is 14.3 Å². The first-order valence-corrected chi connectivity index (χ1v) is 5.45. The van der Waals surface area contributed by atoms with Crippen molar-refractivity contribution in [1.29, 1.82) is 0 Å². The van der Waals surface area contributed by atoms with Crippen LogP contribution in [0.5, 0.6) is 0 Å². The van der Waals surface area contributed by atoms with Crippen LogP contribution in [0.15, 0.2) is 12.2 Å². The van der Waals surface area contributed by atoms with Crippen molar-refractivity contribution in [2.75, 3.05) is 13.2 Å². The van der Waals surface area contributed by atoms with Gasteiger partial charge in [-0.05, 0) is 12.8 Å². The zero-order valence-electron chi connectivity index (χ0n) is 8.89. The van der Waals surface area contributed by atoms with Crippen LogP contribution in [0.2, 0.25) is 0 Å². The van der Waals surface area contributed by atoms with E-state index in [9.17, 15) is 9.59 Å². The number of rotatable bonds is 4. The van der Waals surface area contributed by atoms with E-state index in [2.05, 4.69) is 5.32 Å². The molecule has 1 amide bonds. The highest BCUT2D eigenvalue weighted by atomic mass is 16.6. The Balaban J connectivity index is 1.90. The first-order valence-electron chi connectivity index (χ1n) is 5.45. The summed E-state index contributed by atoms with van der Waals surface area (Å²) >= 11 is 0. The molecular weight excluding hydrogens is 210 g/mol. The molecule has 1 saturated heterocycles. The maximum atomic E-state index is 11.8. The first kappa shape index (κ1) is 11.1. The highest BCUT2D eigenvalue weighted by molar-refractivity contribution is 5.85. The molecule has 0 saturated carbocycles. The van der Waals surface area contributed by atoms with E-state index < -0.39 is 17.8 Å². The van der Waals surface area contributed by atoms with Crippen molar-refractivity contribution in [3.63, 3.8) is 0 Å². The van der Waals surface area contributed by atoms with Crippen LogP contribution in [-0.4, -0.2) is 36.2 Å². The van der Waals surface area contributed by atoms with E-state index in [1.807, 2.05) is 12.2 Å². The van der Waals surface area contributed by atoms with E-state index in [-0.39, 0.29) is 12.0 Å². The van der Waals surface area contributed by atoms with Gasteiger partial charge in [0.25, 0.3) is 0 Å². The second-order valence-electron chi connectivity index (χ2n) is 4.19. The van der Waals surface area contributed by atoms with Gasteiger partial charge in [-0.3, -0.25) is 9.59 Å². The Hall–Kier alpha value is -1.36. The van der Waals surface area contributed by atoms with Crippen molar-refractivity contribution < 1.29 is 19.4 Å². The quantitative estimate of drug-likeness (QED) is 0.528. The summed E-state index contributed by atoms with van der Waals surface area (Å²) in [5.41, 5.74) is 0. The normalized spacial score (nSPS) is 32.1. The Morgan fingerprint density at radius 3 is 2.50 bits per heavy atom. The van der Waals surface area contributed by atoms with Gasteiger partial charge in [-0.15, -0.1) is 0 Å². The largest absolute Gasteiger partial charge is 0.481 e. The Labute approximate surface area is 93.5 Å². The van der Waals surface area contributed by atoms with Gasteiger partial charge in [-0.1, -0.05) is 12.2 Å². The fraction of sp³-hybridized carbons (Fsp3) is 0.636.